The van der Waals surface area contributed by atoms with Gasteiger partial charge in [-0.2, -0.15) is 0 Å². The van der Waals surface area contributed by atoms with E-state index in [0.717, 1.165) is 17.1 Å². The van der Waals surface area contributed by atoms with E-state index < -0.39 is 9.84 Å². The molecule has 0 radical (unpaired) electrons. The van der Waals surface area contributed by atoms with Crippen molar-refractivity contribution < 1.29 is 8.42 Å². The third-order valence-corrected chi connectivity index (χ3v) is 5.45. The molecule has 1 N–H and O–H groups in total. The molecule has 1 saturated heterocycles. The smallest absolute Gasteiger partial charge is 0.151 e. The van der Waals surface area contributed by atoms with E-state index in [1.807, 2.05) is 6.92 Å². The maximum Gasteiger partial charge on any atom is 0.151 e. The summed E-state index contributed by atoms with van der Waals surface area (Å²) in [4.78, 5) is 7.63. The van der Waals surface area contributed by atoms with Gasteiger partial charge in [-0.25, -0.2) is 13.4 Å². The number of H-pyrrole nitrogens is 1. The average Bonchev–Trinajstić information content (AvgIpc) is 2.57. The zero-order valence-electron chi connectivity index (χ0n) is 10.9. The minimum atomic E-state index is -2.89. The van der Waals surface area contributed by atoms with Crippen LogP contribution in [0.2, 0.25) is 0 Å². The maximum absolute atomic E-state index is 11.5. The lowest BCUT2D eigenvalue weighted by Gasteiger charge is -2.14. The van der Waals surface area contributed by atoms with Crippen LogP contribution in [0.4, 0.5) is 0 Å². The first-order valence-electron chi connectivity index (χ1n) is 6.11. The minimum Gasteiger partial charge on any atom is -0.347 e. The number of nitrogens with zero attached hydrogens (tertiary/aromatic N) is 1. The lowest BCUT2D eigenvalue weighted by atomic mass is 10.0. The molecule has 1 aliphatic rings. The Hall–Kier alpha value is -0.750. The van der Waals surface area contributed by atoms with Crippen molar-refractivity contribution in [3.8, 4) is 0 Å². The number of nitrogens with one attached hydrogen (secondary N) is 1. The topological polar surface area (TPSA) is 62.8 Å². The van der Waals surface area contributed by atoms with Crippen LogP contribution in [0, 0.1) is 11.6 Å². The Morgan fingerprint density at radius 1 is 1.44 bits per heavy atom. The Bertz CT molecular complexity index is 617. The number of aromatic amines is 1. The van der Waals surface area contributed by atoms with Gasteiger partial charge < -0.3 is 4.98 Å². The van der Waals surface area contributed by atoms with E-state index in [2.05, 4.69) is 23.8 Å². The summed E-state index contributed by atoms with van der Waals surface area (Å²) < 4.78 is 23.6. The summed E-state index contributed by atoms with van der Waals surface area (Å²) in [5.74, 6) is 1.46. The fraction of sp³-hybridized carbons (Fsp3) is 0.667. The molecule has 1 fully saturated rings. The van der Waals surface area contributed by atoms with Gasteiger partial charge >= 0.3 is 0 Å². The van der Waals surface area contributed by atoms with Gasteiger partial charge in [-0.3, -0.25) is 0 Å². The van der Waals surface area contributed by atoms with Gasteiger partial charge in [0.15, 0.2) is 9.84 Å². The lowest BCUT2D eigenvalue weighted by molar-refractivity contribution is 0.601. The average molecular weight is 286 g/mol. The Labute approximate surface area is 113 Å². The molecule has 0 amide bonds. The first-order valence-corrected chi connectivity index (χ1v) is 8.34. The SMILES string of the molecule is Cc1[nH]c(C2CCS(=O)(=O)C2)nc(=S)c1C(C)C. The van der Waals surface area contributed by atoms with Gasteiger partial charge in [-0.1, -0.05) is 26.1 Å². The highest BCUT2D eigenvalue weighted by atomic mass is 32.2. The third kappa shape index (κ3) is 2.64. The second-order valence-corrected chi connectivity index (χ2v) is 7.84. The van der Waals surface area contributed by atoms with Crippen molar-refractivity contribution in [3.05, 3.63) is 21.7 Å². The van der Waals surface area contributed by atoms with Crippen molar-refractivity contribution in [1.29, 1.82) is 0 Å². The monoisotopic (exact) mass is 286 g/mol. The van der Waals surface area contributed by atoms with E-state index in [1.54, 1.807) is 0 Å². The number of hydrogen-bond acceptors (Lipinski definition) is 4. The van der Waals surface area contributed by atoms with Gasteiger partial charge in [0.25, 0.3) is 0 Å². The zero-order valence-corrected chi connectivity index (χ0v) is 12.5. The normalized spacial score (nSPS) is 22.6. The molecule has 6 heteroatoms. The molecule has 0 spiro atoms. The molecule has 0 aliphatic carbocycles. The summed E-state index contributed by atoms with van der Waals surface area (Å²) in [5, 5.41) is 0. The first kappa shape index (κ1) is 13.7. The van der Waals surface area contributed by atoms with Crippen LogP contribution in [0.25, 0.3) is 0 Å². The molecule has 18 heavy (non-hydrogen) atoms. The quantitative estimate of drug-likeness (QED) is 0.848. The number of hydrogen-bond donors (Lipinski definition) is 1. The van der Waals surface area contributed by atoms with Crippen molar-refractivity contribution >= 4 is 22.1 Å². The molecule has 2 heterocycles. The first-order chi connectivity index (χ1) is 8.30. The summed E-state index contributed by atoms with van der Waals surface area (Å²) in [6.45, 7) is 6.13. The van der Waals surface area contributed by atoms with E-state index in [9.17, 15) is 8.42 Å². The van der Waals surface area contributed by atoms with Gasteiger partial charge in [0.2, 0.25) is 0 Å². The highest BCUT2D eigenvalue weighted by molar-refractivity contribution is 7.91. The molecule has 4 nitrogen and oxygen atoms in total. The van der Waals surface area contributed by atoms with Gasteiger partial charge in [-0.15, -0.1) is 0 Å². The van der Waals surface area contributed by atoms with Crippen LogP contribution in [0.15, 0.2) is 0 Å². The standard InChI is InChI=1S/C12H18N2O2S2/c1-7(2)10-8(3)13-11(14-12(10)17)9-4-5-18(15,16)6-9/h7,9H,4-6H2,1-3H3,(H,13,14,17). The molecule has 1 atom stereocenters. The molecule has 0 aromatic carbocycles. The van der Waals surface area contributed by atoms with Crippen LogP contribution in [0.1, 0.15) is 49.2 Å². The maximum atomic E-state index is 11.5. The van der Waals surface area contributed by atoms with Gasteiger partial charge in [0.1, 0.15) is 10.5 Å². The minimum absolute atomic E-state index is 0.0309. The van der Waals surface area contributed by atoms with E-state index in [4.69, 9.17) is 12.2 Å². The summed E-state index contributed by atoms with van der Waals surface area (Å²) in [6.07, 6.45) is 0.640. The molecule has 1 aromatic rings. The Balaban J connectivity index is 2.41. The summed E-state index contributed by atoms with van der Waals surface area (Å²) in [5.41, 5.74) is 2.05. The fourth-order valence-corrected chi connectivity index (χ4v) is 4.74. The van der Waals surface area contributed by atoms with Gasteiger partial charge in [0, 0.05) is 17.2 Å². The molecule has 2 rings (SSSR count). The summed E-state index contributed by atoms with van der Waals surface area (Å²) >= 11 is 5.32. The largest absolute Gasteiger partial charge is 0.347 e. The molecule has 1 unspecified atom stereocenters. The molecular formula is C12H18N2O2S2. The third-order valence-electron chi connectivity index (χ3n) is 3.37. The molecule has 100 valence electrons. The van der Waals surface area contributed by atoms with Crippen molar-refractivity contribution in [3.63, 3.8) is 0 Å². The van der Waals surface area contributed by atoms with Crippen LogP contribution in [-0.2, 0) is 9.84 Å². The zero-order chi connectivity index (χ0) is 13.5. The second-order valence-electron chi connectivity index (χ2n) is 5.22. The number of rotatable bonds is 2. The highest BCUT2D eigenvalue weighted by Gasteiger charge is 2.30. The molecular weight excluding hydrogens is 268 g/mol. The molecule has 1 aliphatic heterocycles. The van der Waals surface area contributed by atoms with Crippen molar-refractivity contribution in [2.45, 2.75) is 39.0 Å². The molecule has 0 bridgehead atoms. The van der Waals surface area contributed by atoms with Crippen LogP contribution in [-0.4, -0.2) is 29.9 Å². The van der Waals surface area contributed by atoms with E-state index in [1.165, 1.54) is 0 Å². The summed E-state index contributed by atoms with van der Waals surface area (Å²) in [6, 6.07) is 0. The van der Waals surface area contributed by atoms with Crippen molar-refractivity contribution in [2.24, 2.45) is 0 Å². The van der Waals surface area contributed by atoms with Gasteiger partial charge in [-0.05, 0) is 19.3 Å². The molecule has 0 saturated carbocycles. The van der Waals surface area contributed by atoms with Crippen LogP contribution in [0.3, 0.4) is 0 Å². The van der Waals surface area contributed by atoms with E-state index >= 15 is 0 Å². The second kappa shape index (κ2) is 4.74. The Kier molecular flexibility index (Phi) is 3.60. The predicted octanol–water partition coefficient (Wildman–Crippen LogP) is 2.47. The number of aryl methyl sites for hydroxylation is 1. The van der Waals surface area contributed by atoms with Crippen LogP contribution in [0.5, 0.6) is 0 Å². The van der Waals surface area contributed by atoms with Crippen LogP contribution >= 0.6 is 12.2 Å². The predicted molar refractivity (Wildman–Crippen MR) is 74.3 cm³/mol. The lowest BCUT2D eigenvalue weighted by Crippen LogP contribution is -2.10. The number of sulfone groups is 1. The summed E-state index contributed by atoms with van der Waals surface area (Å²) in [7, 11) is -2.89. The van der Waals surface area contributed by atoms with E-state index in [-0.39, 0.29) is 17.4 Å². The Morgan fingerprint density at radius 2 is 2.11 bits per heavy atom. The highest BCUT2D eigenvalue weighted by Crippen LogP contribution is 2.28. The van der Waals surface area contributed by atoms with Crippen molar-refractivity contribution in [2.75, 3.05) is 11.5 Å². The van der Waals surface area contributed by atoms with Crippen LogP contribution < -0.4 is 0 Å². The Morgan fingerprint density at radius 3 is 2.56 bits per heavy atom. The fourth-order valence-electron chi connectivity index (χ4n) is 2.50. The van der Waals surface area contributed by atoms with E-state index in [0.29, 0.717) is 17.0 Å². The van der Waals surface area contributed by atoms with Crippen molar-refractivity contribution in [1.82, 2.24) is 9.97 Å². The van der Waals surface area contributed by atoms with Gasteiger partial charge in [0.05, 0.1) is 11.5 Å². The molecule has 1 aromatic heterocycles. The number of aromatic nitrogens is 2.